The number of hydrogen-bond acceptors (Lipinski definition) is 19. The number of aliphatic hydroxyl groups excluding tert-OH is 1. The number of thiol groups is 1. The third-order valence-electron chi connectivity index (χ3n) is 15.0. The topological polar surface area (TPSA) is 483 Å². The van der Waals surface area contributed by atoms with Gasteiger partial charge < -0.3 is 69.9 Å². The summed E-state index contributed by atoms with van der Waals surface area (Å²) in [6, 6.07) is 3.59. The van der Waals surface area contributed by atoms with Crippen molar-refractivity contribution in [3.05, 3.63) is 59.7 Å². The first-order valence-corrected chi connectivity index (χ1v) is 30.0. The Kier molecular flexibility index (Phi) is 31.6. The van der Waals surface area contributed by atoms with Gasteiger partial charge in [0.05, 0.1) is 56.2 Å². The standard InChI is InChI=1S/C60H87N11O17S/c1-32(2)21-33(3)48(76)25-37(23-35-9-13-39(73)14-10-35)57(86)67-41(7-5-19-65-60(63)64)49(77)22-34(4)56(85)68-42(27-52(61)80)47(75)17-18-53(81)66-43(28-54(82)83)51(79)29-71-20-6-8-46(71)59(88)70-45(31-89)50(78)26-38(24-36-11-15-40(74)16-12-36)58(87)69-44(30-72)55(62)84/h9-16,32-34,37-38,41-46,72-74,89H,5-8,17-31H2,1-4H3,(H2,61,80)(H2,62,84)(H,66,81)(H,67,86)(H,68,85)(H,69,87)(H,70,88)(H,82,83)(H4,63,64,65)/t33-,34+,37+,38+,41-,42-,43-,44-,45-,46-/m0/s1. The van der Waals surface area contributed by atoms with Crippen molar-refractivity contribution in [2.24, 2.45) is 57.5 Å². The average Bonchev–Trinajstić information content (AvgIpc) is 3.32. The number of likely N-dealkylation sites (tertiary alicyclic amines) is 1. The van der Waals surface area contributed by atoms with E-state index in [1.807, 2.05) is 13.8 Å². The number of ketones is 5. The highest BCUT2D eigenvalue weighted by molar-refractivity contribution is 7.80. The highest BCUT2D eigenvalue weighted by Gasteiger charge is 2.38. The summed E-state index contributed by atoms with van der Waals surface area (Å²) in [5.74, 6) is -14.6. The molecule has 10 atom stereocenters. The number of guanidine groups is 1. The number of carboxylic acids is 1. The minimum absolute atomic E-state index is 0.00646. The van der Waals surface area contributed by atoms with Crippen molar-refractivity contribution in [3.8, 4) is 11.5 Å². The summed E-state index contributed by atoms with van der Waals surface area (Å²) in [5, 5.41) is 51.3. The predicted molar refractivity (Wildman–Crippen MR) is 327 cm³/mol. The van der Waals surface area contributed by atoms with Gasteiger partial charge in [-0.2, -0.15) is 12.6 Å². The van der Waals surface area contributed by atoms with Gasteiger partial charge in [0.1, 0.15) is 23.3 Å². The molecule has 1 saturated heterocycles. The van der Waals surface area contributed by atoms with E-state index in [9.17, 15) is 82.8 Å². The van der Waals surface area contributed by atoms with Crippen LogP contribution in [-0.4, -0.2) is 176 Å². The Hall–Kier alpha value is -8.31. The van der Waals surface area contributed by atoms with E-state index < -0.39 is 176 Å². The van der Waals surface area contributed by atoms with Gasteiger partial charge in [0.2, 0.25) is 41.4 Å². The zero-order chi connectivity index (χ0) is 66.7. The van der Waals surface area contributed by atoms with Crippen LogP contribution in [0.25, 0.3) is 0 Å². The van der Waals surface area contributed by atoms with Gasteiger partial charge in [0.25, 0.3) is 0 Å². The third kappa shape index (κ3) is 26.9. The second-order valence-electron chi connectivity index (χ2n) is 23.0. The number of carboxylic acid groups (broad SMARTS) is 1. The van der Waals surface area contributed by atoms with Gasteiger partial charge in [-0.1, -0.05) is 52.0 Å². The summed E-state index contributed by atoms with van der Waals surface area (Å²) in [5.41, 5.74) is 22.9. The number of amides is 7. The van der Waals surface area contributed by atoms with Crippen LogP contribution in [0.3, 0.4) is 0 Å². The number of benzene rings is 2. The number of phenols is 2. The summed E-state index contributed by atoms with van der Waals surface area (Å²) < 4.78 is 0. The molecular formula is C60H87N11O17S. The van der Waals surface area contributed by atoms with E-state index in [1.165, 1.54) is 48.2 Å². The molecule has 29 heteroatoms. The molecule has 0 aliphatic carbocycles. The first-order chi connectivity index (χ1) is 41.9. The van der Waals surface area contributed by atoms with E-state index in [2.05, 4.69) is 44.2 Å². The van der Waals surface area contributed by atoms with Gasteiger partial charge in [-0.15, -0.1) is 0 Å². The quantitative estimate of drug-likeness (QED) is 0.0163. The minimum atomic E-state index is -1.67. The molecule has 0 radical (unpaired) electrons. The van der Waals surface area contributed by atoms with E-state index in [4.69, 9.17) is 22.9 Å². The van der Waals surface area contributed by atoms with E-state index in [0.29, 0.717) is 24.0 Å². The summed E-state index contributed by atoms with van der Waals surface area (Å²) >= 11 is 4.25. The lowest BCUT2D eigenvalue weighted by Gasteiger charge is -2.27. The number of hydrogen-bond donors (Lipinski definition) is 14. The number of aliphatic imine (C=N–C) groups is 1. The number of carbonyl (C=O) groups excluding carboxylic acids is 12. The molecule has 0 aromatic heterocycles. The lowest BCUT2D eigenvalue weighted by atomic mass is 9.86. The molecule has 1 fully saturated rings. The molecule has 1 aliphatic heterocycles. The third-order valence-corrected chi connectivity index (χ3v) is 15.4. The summed E-state index contributed by atoms with van der Waals surface area (Å²) in [7, 11) is 0. The number of carbonyl (C=O) groups is 13. The van der Waals surface area contributed by atoms with E-state index in [-0.39, 0.29) is 92.4 Å². The van der Waals surface area contributed by atoms with E-state index >= 15 is 0 Å². The fraction of sp³-hybridized carbons (Fsp3) is 0.567. The zero-order valence-corrected chi connectivity index (χ0v) is 51.5. The van der Waals surface area contributed by atoms with E-state index in [0.717, 1.165) is 0 Å². The first kappa shape index (κ1) is 74.9. The van der Waals surface area contributed by atoms with Crippen LogP contribution in [0.2, 0.25) is 0 Å². The Bertz CT molecular complexity index is 2850. The Balaban J connectivity index is 1.70. The smallest absolute Gasteiger partial charge is 0.305 e. The molecule has 89 heavy (non-hydrogen) atoms. The molecule has 7 amide bonds. The average molecular weight is 1270 g/mol. The van der Waals surface area contributed by atoms with Crippen molar-refractivity contribution in [2.75, 3.05) is 32.0 Å². The maximum absolute atomic E-state index is 14.1. The number of nitrogens with zero attached hydrogens (tertiary/aromatic N) is 2. The van der Waals surface area contributed by atoms with Crippen molar-refractivity contribution in [1.82, 2.24) is 31.5 Å². The van der Waals surface area contributed by atoms with Crippen LogP contribution >= 0.6 is 12.6 Å². The molecule has 0 saturated carbocycles. The van der Waals surface area contributed by atoms with Crippen molar-refractivity contribution in [1.29, 1.82) is 0 Å². The van der Waals surface area contributed by atoms with Crippen LogP contribution in [0, 0.1) is 29.6 Å². The van der Waals surface area contributed by atoms with Gasteiger partial charge >= 0.3 is 5.97 Å². The molecule has 490 valence electrons. The normalized spacial score (nSPS) is 16.1. The monoisotopic (exact) mass is 1270 g/mol. The lowest BCUT2D eigenvalue weighted by Crippen LogP contribution is -2.53. The molecule has 0 unspecified atom stereocenters. The number of aliphatic carboxylic acids is 1. The lowest BCUT2D eigenvalue weighted by molar-refractivity contribution is -0.141. The SMILES string of the molecule is CC(C)C[C@H](C)C(=O)C[C@@H](Cc1ccc(O)cc1)C(=O)N[C@@H](CCCN=C(N)N)C(=O)C[C@@H](C)C(=O)N[C@@H](CC(N)=O)C(=O)CCC(=O)N[C@@H](CC(=O)O)C(=O)CN1CCC[C@H]1C(=O)N[C@@H](CS)C(=O)C[C@@H](Cc1ccc(O)cc1)C(=O)N[C@@H](CO)C(N)=O. The molecule has 2 aromatic carbocycles. The largest absolute Gasteiger partial charge is 0.508 e. The second kappa shape index (κ2) is 37.5. The maximum atomic E-state index is 14.1. The number of aromatic hydroxyl groups is 2. The van der Waals surface area contributed by atoms with Crippen LogP contribution in [0.15, 0.2) is 53.5 Å². The fourth-order valence-electron chi connectivity index (χ4n) is 10.1. The van der Waals surface area contributed by atoms with Gasteiger partial charge in [-0.3, -0.25) is 72.2 Å². The zero-order valence-electron chi connectivity index (χ0n) is 50.7. The van der Waals surface area contributed by atoms with Crippen molar-refractivity contribution in [2.45, 2.75) is 154 Å². The summed E-state index contributed by atoms with van der Waals surface area (Å²) in [4.78, 5) is 178. The van der Waals surface area contributed by atoms with Crippen molar-refractivity contribution < 1.29 is 82.8 Å². The second-order valence-corrected chi connectivity index (χ2v) is 23.4. The molecular weight excluding hydrogens is 1180 g/mol. The van der Waals surface area contributed by atoms with Crippen LogP contribution in [0.4, 0.5) is 0 Å². The molecule has 1 aliphatic rings. The highest BCUT2D eigenvalue weighted by Crippen LogP contribution is 2.24. The van der Waals surface area contributed by atoms with Crippen LogP contribution < -0.4 is 49.5 Å². The van der Waals surface area contributed by atoms with Gasteiger partial charge in [0.15, 0.2) is 29.1 Å². The molecule has 0 bridgehead atoms. The van der Waals surface area contributed by atoms with Crippen molar-refractivity contribution in [3.63, 3.8) is 0 Å². The van der Waals surface area contributed by atoms with Gasteiger partial charge in [0, 0.05) is 68.1 Å². The number of phenolic OH excluding ortho intramolecular Hbond substituents is 2. The number of Topliss-reactive ketones (excluding diaryl/α,β-unsaturated/α-hetero) is 5. The number of nitrogens with one attached hydrogen (secondary N) is 5. The highest BCUT2D eigenvalue weighted by atomic mass is 32.1. The molecule has 1 heterocycles. The predicted octanol–water partition coefficient (Wildman–Crippen LogP) is -1.07. The number of rotatable bonds is 42. The first-order valence-electron chi connectivity index (χ1n) is 29.4. The minimum Gasteiger partial charge on any atom is -0.508 e. The fourth-order valence-corrected chi connectivity index (χ4v) is 10.4. The number of aliphatic hydroxyl groups is 1. The molecule has 0 spiro atoms. The maximum Gasteiger partial charge on any atom is 0.305 e. The molecule has 28 nitrogen and oxygen atoms in total. The van der Waals surface area contributed by atoms with Crippen LogP contribution in [0.5, 0.6) is 11.5 Å². The Morgan fingerprint density at radius 2 is 1.13 bits per heavy atom. The van der Waals surface area contributed by atoms with Crippen LogP contribution in [-0.2, 0) is 75.2 Å². The number of primary amides is 2. The van der Waals surface area contributed by atoms with Crippen LogP contribution in [0.1, 0.15) is 116 Å². The molecule has 3 rings (SSSR count). The van der Waals surface area contributed by atoms with E-state index in [1.54, 1.807) is 19.1 Å². The molecule has 2 aromatic rings. The summed E-state index contributed by atoms with van der Waals surface area (Å²) in [6.45, 7) is 5.94. The molecule has 17 N–H and O–H groups in total. The Morgan fingerprint density at radius 1 is 0.607 bits per heavy atom. The summed E-state index contributed by atoms with van der Waals surface area (Å²) in [6.07, 6.45) is -2.72. The van der Waals surface area contributed by atoms with Crippen molar-refractivity contribution >= 4 is 94.8 Å². The Morgan fingerprint density at radius 3 is 1.64 bits per heavy atom. The number of nitrogens with two attached hydrogens (primary N) is 4. The van der Waals surface area contributed by atoms with Gasteiger partial charge in [-0.25, -0.2) is 0 Å². The van der Waals surface area contributed by atoms with Gasteiger partial charge in [-0.05, 0) is 92.8 Å². The Labute approximate surface area is 521 Å².